The molecule has 0 aliphatic carbocycles. The highest BCUT2D eigenvalue weighted by atomic mass is 19.4. The Morgan fingerprint density at radius 1 is 1.38 bits per heavy atom. The van der Waals surface area contributed by atoms with Gasteiger partial charge in [-0.25, -0.2) is 13.8 Å². The van der Waals surface area contributed by atoms with Crippen molar-refractivity contribution in [3.05, 3.63) is 28.6 Å². The molecule has 0 saturated heterocycles. The summed E-state index contributed by atoms with van der Waals surface area (Å²) < 4.78 is 61.5. The van der Waals surface area contributed by atoms with Crippen molar-refractivity contribution >= 4 is 0 Å². The zero-order valence-corrected chi connectivity index (χ0v) is 7.94. The van der Waals surface area contributed by atoms with Crippen LogP contribution in [0.2, 0.25) is 0 Å². The standard InChI is InChI=1S/C9H5F5N2/c1-4-2-6(9(12,13)14)16-7(8(10)11)5(4)3-15/h2,8H,1H3. The van der Waals surface area contributed by atoms with Crippen LogP contribution in [-0.4, -0.2) is 4.98 Å². The Hall–Kier alpha value is -1.71. The van der Waals surface area contributed by atoms with Crippen LogP contribution in [0.15, 0.2) is 6.07 Å². The molecular formula is C9H5F5N2. The number of nitrogens with zero attached hydrogens (tertiary/aromatic N) is 2. The van der Waals surface area contributed by atoms with Crippen LogP contribution < -0.4 is 0 Å². The molecule has 1 aromatic rings. The third-order valence-corrected chi connectivity index (χ3v) is 1.85. The van der Waals surface area contributed by atoms with Gasteiger partial charge in [-0.05, 0) is 18.6 Å². The third kappa shape index (κ3) is 2.27. The minimum absolute atomic E-state index is 0.167. The van der Waals surface area contributed by atoms with Gasteiger partial charge in [-0.2, -0.15) is 18.4 Å². The van der Waals surface area contributed by atoms with Crippen LogP contribution in [0.25, 0.3) is 0 Å². The lowest BCUT2D eigenvalue weighted by molar-refractivity contribution is -0.141. The van der Waals surface area contributed by atoms with E-state index in [0.717, 1.165) is 6.92 Å². The van der Waals surface area contributed by atoms with E-state index in [0.29, 0.717) is 6.07 Å². The summed E-state index contributed by atoms with van der Waals surface area (Å²) in [5.74, 6) is 0. The molecule has 0 radical (unpaired) electrons. The Morgan fingerprint density at radius 2 is 1.94 bits per heavy atom. The van der Waals surface area contributed by atoms with Crippen molar-refractivity contribution in [3.63, 3.8) is 0 Å². The predicted octanol–water partition coefficient (Wildman–Crippen LogP) is 3.22. The van der Waals surface area contributed by atoms with Crippen LogP contribution in [0.1, 0.15) is 28.9 Å². The molecule has 0 spiro atoms. The molecule has 1 aromatic heterocycles. The number of rotatable bonds is 1. The van der Waals surface area contributed by atoms with Gasteiger partial charge >= 0.3 is 6.18 Å². The van der Waals surface area contributed by atoms with Crippen molar-refractivity contribution in [1.82, 2.24) is 4.98 Å². The summed E-state index contributed by atoms with van der Waals surface area (Å²) in [6.07, 6.45) is -8.02. The summed E-state index contributed by atoms with van der Waals surface area (Å²) in [7, 11) is 0. The van der Waals surface area contributed by atoms with E-state index in [9.17, 15) is 22.0 Å². The van der Waals surface area contributed by atoms with E-state index in [1.807, 2.05) is 0 Å². The predicted molar refractivity (Wildman–Crippen MR) is 43.6 cm³/mol. The number of alkyl halides is 5. The Kier molecular flexibility index (Phi) is 3.12. The van der Waals surface area contributed by atoms with Crippen LogP contribution >= 0.6 is 0 Å². The van der Waals surface area contributed by atoms with Gasteiger partial charge in [0.15, 0.2) is 0 Å². The van der Waals surface area contributed by atoms with Crippen LogP contribution in [-0.2, 0) is 6.18 Å². The van der Waals surface area contributed by atoms with Crippen LogP contribution in [0.4, 0.5) is 22.0 Å². The molecule has 0 amide bonds. The normalized spacial score (nSPS) is 11.6. The molecule has 0 aromatic carbocycles. The Bertz CT molecular complexity index is 444. The molecule has 1 heterocycles. The molecule has 7 heteroatoms. The van der Waals surface area contributed by atoms with E-state index < -0.39 is 29.6 Å². The Labute approximate surface area is 87.3 Å². The number of nitriles is 1. The molecular weight excluding hydrogens is 231 g/mol. The number of hydrogen-bond acceptors (Lipinski definition) is 2. The lowest BCUT2D eigenvalue weighted by atomic mass is 10.1. The zero-order valence-electron chi connectivity index (χ0n) is 7.94. The third-order valence-electron chi connectivity index (χ3n) is 1.85. The second-order valence-corrected chi connectivity index (χ2v) is 2.99. The quantitative estimate of drug-likeness (QED) is 0.702. The van der Waals surface area contributed by atoms with Crippen LogP contribution in [0, 0.1) is 18.3 Å². The number of hydrogen-bond donors (Lipinski definition) is 0. The van der Waals surface area contributed by atoms with Gasteiger partial charge in [-0.15, -0.1) is 0 Å². The number of halogens is 5. The van der Waals surface area contributed by atoms with Crippen LogP contribution in [0.5, 0.6) is 0 Å². The van der Waals surface area contributed by atoms with E-state index in [2.05, 4.69) is 4.98 Å². The van der Waals surface area contributed by atoms with Crippen LogP contribution in [0.3, 0.4) is 0 Å². The van der Waals surface area contributed by atoms with E-state index in [-0.39, 0.29) is 5.56 Å². The summed E-state index contributed by atoms with van der Waals surface area (Å²) in [5.41, 5.74) is -3.22. The highest BCUT2D eigenvalue weighted by Gasteiger charge is 2.34. The van der Waals surface area contributed by atoms with Crippen molar-refractivity contribution in [2.75, 3.05) is 0 Å². The molecule has 0 bridgehead atoms. The zero-order chi connectivity index (χ0) is 12.5. The van der Waals surface area contributed by atoms with Gasteiger partial charge in [-0.1, -0.05) is 0 Å². The maximum absolute atomic E-state index is 12.4. The molecule has 0 atom stereocenters. The molecule has 0 saturated carbocycles. The summed E-state index contributed by atoms with van der Waals surface area (Å²) in [4.78, 5) is 2.78. The average molecular weight is 236 g/mol. The van der Waals surface area contributed by atoms with Gasteiger partial charge < -0.3 is 0 Å². The first kappa shape index (κ1) is 12.4. The molecule has 16 heavy (non-hydrogen) atoms. The van der Waals surface area contributed by atoms with Crippen molar-refractivity contribution in [1.29, 1.82) is 5.26 Å². The maximum Gasteiger partial charge on any atom is 0.433 e. The fourth-order valence-corrected chi connectivity index (χ4v) is 1.15. The monoisotopic (exact) mass is 236 g/mol. The van der Waals surface area contributed by atoms with Gasteiger partial charge in [0.1, 0.15) is 17.5 Å². The fraction of sp³-hybridized carbons (Fsp3) is 0.333. The molecule has 0 unspecified atom stereocenters. The van der Waals surface area contributed by atoms with Crippen molar-refractivity contribution in [2.45, 2.75) is 19.5 Å². The number of aromatic nitrogens is 1. The molecule has 2 nitrogen and oxygen atoms in total. The van der Waals surface area contributed by atoms with Crippen molar-refractivity contribution in [3.8, 4) is 6.07 Å². The highest BCUT2D eigenvalue weighted by Crippen LogP contribution is 2.32. The topological polar surface area (TPSA) is 36.7 Å². The lowest BCUT2D eigenvalue weighted by Gasteiger charge is -2.10. The summed E-state index contributed by atoms with van der Waals surface area (Å²) >= 11 is 0. The fourth-order valence-electron chi connectivity index (χ4n) is 1.15. The van der Waals surface area contributed by atoms with Gasteiger partial charge in [0, 0.05) is 0 Å². The molecule has 0 aliphatic rings. The lowest BCUT2D eigenvalue weighted by Crippen LogP contribution is -2.12. The van der Waals surface area contributed by atoms with E-state index in [1.165, 1.54) is 6.07 Å². The molecule has 1 rings (SSSR count). The van der Waals surface area contributed by atoms with Gasteiger partial charge in [-0.3, -0.25) is 0 Å². The number of pyridine rings is 1. The number of aryl methyl sites for hydroxylation is 1. The summed E-state index contributed by atoms with van der Waals surface area (Å²) in [5, 5.41) is 8.54. The van der Waals surface area contributed by atoms with Gasteiger partial charge in [0.05, 0.1) is 5.56 Å². The van der Waals surface area contributed by atoms with E-state index in [1.54, 1.807) is 0 Å². The first-order chi connectivity index (χ1) is 7.27. The Balaban J connectivity index is 3.48. The average Bonchev–Trinajstić information content (AvgIpc) is 2.14. The van der Waals surface area contributed by atoms with Gasteiger partial charge in [0.25, 0.3) is 6.43 Å². The SMILES string of the molecule is Cc1cc(C(F)(F)F)nc(C(F)F)c1C#N. The smallest absolute Gasteiger partial charge is 0.241 e. The molecule has 0 N–H and O–H groups in total. The largest absolute Gasteiger partial charge is 0.433 e. The van der Waals surface area contributed by atoms with E-state index >= 15 is 0 Å². The Morgan fingerprint density at radius 3 is 2.31 bits per heavy atom. The molecule has 0 aliphatic heterocycles. The molecule has 86 valence electrons. The first-order valence-electron chi connectivity index (χ1n) is 4.04. The van der Waals surface area contributed by atoms with Crippen molar-refractivity contribution in [2.24, 2.45) is 0 Å². The second kappa shape index (κ2) is 4.04. The second-order valence-electron chi connectivity index (χ2n) is 2.99. The van der Waals surface area contributed by atoms with E-state index in [4.69, 9.17) is 5.26 Å². The minimum atomic E-state index is -4.80. The van der Waals surface area contributed by atoms with Crippen molar-refractivity contribution < 1.29 is 22.0 Å². The maximum atomic E-state index is 12.4. The highest BCUT2D eigenvalue weighted by molar-refractivity contribution is 5.42. The first-order valence-corrected chi connectivity index (χ1v) is 4.04. The summed E-state index contributed by atoms with van der Waals surface area (Å²) in [6, 6.07) is 1.99. The molecule has 0 fully saturated rings. The summed E-state index contributed by atoms with van der Waals surface area (Å²) in [6.45, 7) is 1.15. The van der Waals surface area contributed by atoms with Gasteiger partial charge in [0.2, 0.25) is 0 Å². The minimum Gasteiger partial charge on any atom is -0.241 e.